The second-order valence-electron chi connectivity index (χ2n) is 4.70. The SMILES string of the molecule is O=C(O)N1CCN(c2nccc3nc(C(Cl)Cl)cn23)CC1. The molecule has 0 spiro atoms. The van der Waals surface area contributed by atoms with E-state index >= 15 is 0 Å². The van der Waals surface area contributed by atoms with Gasteiger partial charge in [-0.25, -0.2) is 14.8 Å². The Hall–Kier alpha value is -1.73. The van der Waals surface area contributed by atoms with Crippen molar-refractivity contribution in [2.24, 2.45) is 0 Å². The molecule has 1 aliphatic heterocycles. The number of imidazole rings is 1. The number of nitrogens with zero attached hydrogens (tertiary/aromatic N) is 5. The van der Waals surface area contributed by atoms with E-state index in [1.807, 2.05) is 9.30 Å². The Bertz CT molecular complexity index is 667. The number of amides is 1. The van der Waals surface area contributed by atoms with E-state index in [1.54, 1.807) is 18.5 Å². The zero-order valence-electron chi connectivity index (χ0n) is 11.0. The number of carboxylic acid groups (broad SMARTS) is 1. The minimum atomic E-state index is -0.891. The maximum Gasteiger partial charge on any atom is 0.407 e. The quantitative estimate of drug-likeness (QED) is 0.853. The molecule has 1 fully saturated rings. The van der Waals surface area contributed by atoms with Crippen LogP contribution in [0, 0.1) is 0 Å². The largest absolute Gasteiger partial charge is 0.465 e. The van der Waals surface area contributed by atoms with Crippen molar-refractivity contribution in [2.75, 3.05) is 31.1 Å². The molecule has 0 radical (unpaired) electrons. The van der Waals surface area contributed by atoms with Crippen molar-refractivity contribution in [1.29, 1.82) is 0 Å². The van der Waals surface area contributed by atoms with E-state index in [-0.39, 0.29) is 0 Å². The maximum atomic E-state index is 10.9. The van der Waals surface area contributed by atoms with Gasteiger partial charge in [0.1, 0.15) is 5.65 Å². The molecular formula is C12H13Cl2N5O2. The van der Waals surface area contributed by atoms with E-state index < -0.39 is 10.9 Å². The molecule has 2 aromatic heterocycles. The molecule has 1 aliphatic rings. The summed E-state index contributed by atoms with van der Waals surface area (Å²) in [5.74, 6) is 0.713. The zero-order valence-corrected chi connectivity index (χ0v) is 12.5. The van der Waals surface area contributed by atoms with Gasteiger partial charge in [-0.3, -0.25) is 4.40 Å². The molecule has 21 heavy (non-hydrogen) atoms. The van der Waals surface area contributed by atoms with Crippen LogP contribution >= 0.6 is 23.2 Å². The average molecular weight is 330 g/mol. The molecule has 1 amide bonds. The van der Waals surface area contributed by atoms with Crippen molar-refractivity contribution < 1.29 is 9.90 Å². The van der Waals surface area contributed by atoms with Gasteiger partial charge in [-0.05, 0) is 6.07 Å². The summed E-state index contributed by atoms with van der Waals surface area (Å²) in [7, 11) is 0. The number of aromatic nitrogens is 3. The lowest BCUT2D eigenvalue weighted by molar-refractivity contribution is 0.142. The van der Waals surface area contributed by atoms with Crippen molar-refractivity contribution in [1.82, 2.24) is 19.3 Å². The molecule has 9 heteroatoms. The summed E-state index contributed by atoms with van der Waals surface area (Å²) >= 11 is 11.7. The van der Waals surface area contributed by atoms with E-state index in [0.29, 0.717) is 43.5 Å². The van der Waals surface area contributed by atoms with Gasteiger partial charge in [-0.15, -0.1) is 0 Å². The van der Waals surface area contributed by atoms with Crippen LogP contribution in [-0.4, -0.2) is 56.6 Å². The van der Waals surface area contributed by atoms with Crippen molar-refractivity contribution in [2.45, 2.75) is 4.84 Å². The van der Waals surface area contributed by atoms with Crippen molar-refractivity contribution in [3.63, 3.8) is 0 Å². The first-order chi connectivity index (χ1) is 10.1. The predicted octanol–water partition coefficient (Wildman–Crippen LogP) is 2.01. The van der Waals surface area contributed by atoms with Crippen LogP contribution in [-0.2, 0) is 0 Å². The van der Waals surface area contributed by atoms with Gasteiger partial charge in [0.25, 0.3) is 0 Å². The van der Waals surface area contributed by atoms with E-state index in [0.717, 1.165) is 0 Å². The number of halogens is 2. The molecule has 112 valence electrons. The Labute approximate surface area is 130 Å². The van der Waals surface area contributed by atoms with E-state index in [9.17, 15) is 4.79 Å². The fourth-order valence-electron chi connectivity index (χ4n) is 2.36. The zero-order chi connectivity index (χ0) is 15.0. The van der Waals surface area contributed by atoms with E-state index in [4.69, 9.17) is 28.3 Å². The molecule has 3 rings (SSSR count). The lowest BCUT2D eigenvalue weighted by atomic mass is 10.3. The third kappa shape index (κ3) is 2.71. The number of piperazine rings is 1. The predicted molar refractivity (Wildman–Crippen MR) is 79.2 cm³/mol. The standard InChI is InChI=1S/C12H13Cl2N5O2/c13-10(14)8-7-19-9(16-8)1-2-15-11(19)17-3-5-18(6-4-17)12(20)21/h1-2,7,10H,3-6H2,(H,20,21). The van der Waals surface area contributed by atoms with Crippen LogP contribution in [0.2, 0.25) is 0 Å². The van der Waals surface area contributed by atoms with Crippen molar-refractivity contribution >= 4 is 40.9 Å². The Morgan fingerprint density at radius 2 is 2.00 bits per heavy atom. The Kier molecular flexibility index (Phi) is 3.77. The lowest BCUT2D eigenvalue weighted by Crippen LogP contribution is -2.49. The smallest absolute Gasteiger partial charge is 0.407 e. The summed E-state index contributed by atoms with van der Waals surface area (Å²) < 4.78 is 1.82. The number of hydrogen-bond donors (Lipinski definition) is 1. The van der Waals surface area contributed by atoms with Crippen LogP contribution in [0.1, 0.15) is 10.5 Å². The van der Waals surface area contributed by atoms with Gasteiger partial charge in [-0.1, -0.05) is 23.2 Å². The molecule has 0 aliphatic carbocycles. The summed E-state index contributed by atoms with van der Waals surface area (Å²) in [5, 5.41) is 8.98. The molecule has 0 atom stereocenters. The number of rotatable bonds is 2. The van der Waals surface area contributed by atoms with Gasteiger partial charge in [0.2, 0.25) is 5.95 Å². The summed E-state index contributed by atoms with van der Waals surface area (Å²) in [4.78, 5) is 22.4. The number of hydrogen-bond acceptors (Lipinski definition) is 4. The molecule has 1 saturated heterocycles. The first kappa shape index (κ1) is 14.2. The van der Waals surface area contributed by atoms with Gasteiger partial charge >= 0.3 is 6.09 Å². The van der Waals surface area contributed by atoms with Crippen LogP contribution in [0.4, 0.5) is 10.7 Å². The van der Waals surface area contributed by atoms with E-state index in [2.05, 4.69) is 9.97 Å². The van der Waals surface area contributed by atoms with Crippen LogP contribution in [0.15, 0.2) is 18.5 Å². The summed E-state index contributed by atoms with van der Waals surface area (Å²) in [6.45, 7) is 2.05. The highest BCUT2D eigenvalue weighted by Crippen LogP contribution is 2.25. The van der Waals surface area contributed by atoms with Gasteiger partial charge in [0.15, 0.2) is 4.84 Å². The monoisotopic (exact) mass is 329 g/mol. The number of alkyl halides is 2. The third-order valence-electron chi connectivity index (χ3n) is 3.44. The number of carbonyl (C=O) groups is 1. The van der Waals surface area contributed by atoms with Gasteiger partial charge in [0.05, 0.1) is 5.69 Å². The molecular weight excluding hydrogens is 317 g/mol. The fraction of sp³-hybridized carbons (Fsp3) is 0.417. The number of fused-ring (bicyclic) bond motifs is 1. The fourth-order valence-corrected chi connectivity index (χ4v) is 2.57. The second-order valence-corrected chi connectivity index (χ2v) is 5.79. The minimum Gasteiger partial charge on any atom is -0.465 e. The molecule has 0 bridgehead atoms. The minimum absolute atomic E-state index is 0.447. The molecule has 0 unspecified atom stereocenters. The summed E-state index contributed by atoms with van der Waals surface area (Å²) in [5.41, 5.74) is 1.28. The topological polar surface area (TPSA) is 74.0 Å². The highest BCUT2D eigenvalue weighted by Gasteiger charge is 2.23. The maximum absolute atomic E-state index is 10.9. The molecule has 7 nitrogen and oxygen atoms in total. The summed E-state index contributed by atoms with van der Waals surface area (Å²) in [6.07, 6.45) is 2.53. The Morgan fingerprint density at radius 3 is 2.62 bits per heavy atom. The first-order valence-electron chi connectivity index (χ1n) is 6.41. The second kappa shape index (κ2) is 5.57. The summed E-state index contributed by atoms with van der Waals surface area (Å²) in [6, 6.07) is 1.77. The average Bonchev–Trinajstić information content (AvgIpc) is 2.91. The molecule has 2 aromatic rings. The van der Waals surface area contributed by atoms with E-state index in [1.165, 1.54) is 4.90 Å². The van der Waals surface area contributed by atoms with Crippen molar-refractivity contribution in [3.05, 3.63) is 24.2 Å². The third-order valence-corrected chi connectivity index (χ3v) is 3.88. The highest BCUT2D eigenvalue weighted by molar-refractivity contribution is 6.43. The normalized spacial score (nSPS) is 16.0. The van der Waals surface area contributed by atoms with Crippen LogP contribution < -0.4 is 4.90 Å². The first-order valence-corrected chi connectivity index (χ1v) is 7.28. The Balaban J connectivity index is 1.89. The van der Waals surface area contributed by atoms with Crippen molar-refractivity contribution in [3.8, 4) is 0 Å². The Morgan fingerprint density at radius 1 is 1.29 bits per heavy atom. The van der Waals surface area contributed by atoms with Crippen LogP contribution in [0.5, 0.6) is 0 Å². The van der Waals surface area contributed by atoms with Gasteiger partial charge < -0.3 is 14.9 Å². The molecule has 3 heterocycles. The van der Waals surface area contributed by atoms with Gasteiger partial charge in [0, 0.05) is 38.6 Å². The highest BCUT2D eigenvalue weighted by atomic mass is 35.5. The lowest BCUT2D eigenvalue weighted by Gasteiger charge is -2.33. The van der Waals surface area contributed by atoms with Crippen LogP contribution in [0.25, 0.3) is 5.65 Å². The molecule has 0 aromatic carbocycles. The molecule has 1 N–H and O–H groups in total. The number of anilines is 1. The molecule has 0 saturated carbocycles. The van der Waals surface area contributed by atoms with Gasteiger partial charge in [-0.2, -0.15) is 0 Å². The van der Waals surface area contributed by atoms with Crippen LogP contribution in [0.3, 0.4) is 0 Å².